The summed E-state index contributed by atoms with van der Waals surface area (Å²) in [4.78, 5) is 2.67. The standard InChI is InChI=1S/C16H29IN2O2/c1-20-15-9-16(10-15)21-14-4-7-18(8-5-14)11-13-3-2-6-19(17)12-13/h13-16H,2-12H2,1H3. The lowest BCUT2D eigenvalue weighted by Crippen LogP contribution is -2.45. The molecule has 0 N–H and O–H groups in total. The Morgan fingerprint density at radius 2 is 1.76 bits per heavy atom. The fraction of sp³-hybridized carbons (Fsp3) is 1.00. The molecule has 1 aliphatic carbocycles. The van der Waals surface area contributed by atoms with E-state index in [0.29, 0.717) is 18.3 Å². The molecule has 1 atom stereocenters. The van der Waals surface area contributed by atoms with Gasteiger partial charge in [0.15, 0.2) is 0 Å². The number of methoxy groups -OCH3 is 1. The van der Waals surface area contributed by atoms with Crippen LogP contribution in [0.3, 0.4) is 0 Å². The molecule has 3 rings (SSSR count). The van der Waals surface area contributed by atoms with Gasteiger partial charge in [0.05, 0.1) is 18.3 Å². The van der Waals surface area contributed by atoms with Gasteiger partial charge in [0.25, 0.3) is 0 Å². The van der Waals surface area contributed by atoms with E-state index in [1.165, 1.54) is 58.4 Å². The normalized spacial score (nSPS) is 36.6. The number of nitrogens with zero attached hydrogens (tertiary/aromatic N) is 2. The molecule has 3 fully saturated rings. The molecule has 1 unspecified atom stereocenters. The third kappa shape index (κ3) is 4.77. The molecular weight excluding hydrogens is 379 g/mol. The fourth-order valence-electron chi connectivity index (χ4n) is 3.85. The van der Waals surface area contributed by atoms with Gasteiger partial charge in [0.1, 0.15) is 0 Å². The highest BCUT2D eigenvalue weighted by atomic mass is 127. The highest BCUT2D eigenvalue weighted by Gasteiger charge is 2.33. The van der Waals surface area contributed by atoms with Gasteiger partial charge in [0, 0.05) is 62.7 Å². The van der Waals surface area contributed by atoms with Crippen LogP contribution in [0.5, 0.6) is 0 Å². The Labute approximate surface area is 143 Å². The molecule has 4 nitrogen and oxygen atoms in total. The summed E-state index contributed by atoms with van der Waals surface area (Å²) in [5, 5.41) is 0. The minimum atomic E-state index is 0.456. The maximum atomic E-state index is 6.20. The molecule has 0 aromatic rings. The van der Waals surface area contributed by atoms with Gasteiger partial charge in [-0.1, -0.05) is 0 Å². The molecule has 5 heteroatoms. The average Bonchev–Trinajstić information content (AvgIpc) is 2.44. The smallest absolute Gasteiger partial charge is 0.0628 e. The van der Waals surface area contributed by atoms with Crippen molar-refractivity contribution in [2.75, 3.05) is 39.8 Å². The number of hydrogen-bond donors (Lipinski definition) is 0. The number of hydrogen-bond acceptors (Lipinski definition) is 4. The van der Waals surface area contributed by atoms with Crippen molar-refractivity contribution in [2.24, 2.45) is 5.92 Å². The molecule has 2 heterocycles. The monoisotopic (exact) mass is 408 g/mol. The van der Waals surface area contributed by atoms with E-state index in [4.69, 9.17) is 9.47 Å². The van der Waals surface area contributed by atoms with Gasteiger partial charge in [-0.05, 0) is 44.4 Å². The van der Waals surface area contributed by atoms with Crippen molar-refractivity contribution in [3.63, 3.8) is 0 Å². The van der Waals surface area contributed by atoms with Crippen molar-refractivity contribution in [2.45, 2.75) is 56.8 Å². The van der Waals surface area contributed by atoms with Crippen LogP contribution in [0.2, 0.25) is 0 Å². The minimum Gasteiger partial charge on any atom is -0.381 e. The zero-order chi connectivity index (χ0) is 14.7. The Morgan fingerprint density at radius 1 is 1.00 bits per heavy atom. The lowest BCUT2D eigenvalue weighted by Gasteiger charge is -2.40. The predicted molar refractivity (Wildman–Crippen MR) is 92.7 cm³/mol. The summed E-state index contributed by atoms with van der Waals surface area (Å²) >= 11 is 2.48. The van der Waals surface area contributed by atoms with E-state index in [2.05, 4.69) is 30.9 Å². The van der Waals surface area contributed by atoms with E-state index in [1.54, 1.807) is 0 Å². The van der Waals surface area contributed by atoms with E-state index in [-0.39, 0.29) is 0 Å². The Balaban J connectivity index is 1.31. The Hall–Kier alpha value is 0.570. The first kappa shape index (κ1) is 16.4. The van der Waals surface area contributed by atoms with Crippen LogP contribution in [0.25, 0.3) is 0 Å². The number of halogens is 1. The number of likely N-dealkylation sites (tertiary alicyclic amines) is 1. The summed E-state index contributed by atoms with van der Waals surface area (Å²) in [5.41, 5.74) is 0. The lowest BCUT2D eigenvalue weighted by atomic mass is 9.91. The first-order chi connectivity index (χ1) is 10.2. The second kappa shape index (κ2) is 7.90. The molecule has 0 amide bonds. The Morgan fingerprint density at radius 3 is 2.43 bits per heavy atom. The van der Waals surface area contributed by atoms with Crippen molar-refractivity contribution in [1.82, 2.24) is 8.01 Å². The SMILES string of the molecule is COC1CC(OC2CCN(CC3CCCN(I)C3)CC2)C1. The van der Waals surface area contributed by atoms with Crippen molar-refractivity contribution in [3.8, 4) is 0 Å². The summed E-state index contributed by atoms with van der Waals surface area (Å²) in [6.07, 6.45) is 8.84. The number of ether oxygens (including phenoxy) is 2. The molecule has 0 radical (unpaired) electrons. The summed E-state index contributed by atoms with van der Waals surface area (Å²) < 4.78 is 14.0. The largest absolute Gasteiger partial charge is 0.381 e. The van der Waals surface area contributed by atoms with Gasteiger partial charge in [-0.15, -0.1) is 0 Å². The van der Waals surface area contributed by atoms with Crippen LogP contribution in [0.15, 0.2) is 0 Å². The Kier molecular flexibility index (Phi) is 6.18. The van der Waals surface area contributed by atoms with Crippen molar-refractivity contribution >= 4 is 22.9 Å². The minimum absolute atomic E-state index is 0.456. The van der Waals surface area contributed by atoms with Gasteiger partial charge in [-0.2, -0.15) is 0 Å². The highest BCUT2D eigenvalue weighted by molar-refractivity contribution is 14.1. The highest BCUT2D eigenvalue weighted by Crippen LogP contribution is 2.29. The van der Waals surface area contributed by atoms with E-state index in [0.717, 1.165) is 18.8 Å². The third-order valence-corrected chi connectivity index (χ3v) is 6.17. The zero-order valence-corrected chi connectivity index (χ0v) is 15.3. The van der Waals surface area contributed by atoms with E-state index >= 15 is 0 Å². The van der Waals surface area contributed by atoms with Gasteiger partial charge >= 0.3 is 0 Å². The van der Waals surface area contributed by atoms with Crippen LogP contribution < -0.4 is 0 Å². The van der Waals surface area contributed by atoms with Crippen LogP contribution in [0.4, 0.5) is 0 Å². The number of rotatable bonds is 5. The molecule has 3 aliphatic rings. The topological polar surface area (TPSA) is 24.9 Å². The first-order valence-electron chi connectivity index (χ1n) is 8.54. The van der Waals surface area contributed by atoms with Crippen LogP contribution in [-0.4, -0.2) is 66.2 Å². The molecule has 21 heavy (non-hydrogen) atoms. The summed E-state index contributed by atoms with van der Waals surface area (Å²) in [7, 11) is 1.81. The van der Waals surface area contributed by atoms with Crippen LogP contribution in [0, 0.1) is 5.92 Å². The van der Waals surface area contributed by atoms with Crippen molar-refractivity contribution in [3.05, 3.63) is 0 Å². The van der Waals surface area contributed by atoms with Crippen LogP contribution >= 0.6 is 22.9 Å². The summed E-state index contributed by atoms with van der Waals surface area (Å²) in [5.74, 6) is 0.877. The maximum absolute atomic E-state index is 6.20. The molecule has 1 saturated carbocycles. The lowest BCUT2D eigenvalue weighted by molar-refractivity contribution is -0.126. The second-order valence-corrected chi connectivity index (χ2v) is 8.33. The van der Waals surface area contributed by atoms with Gasteiger partial charge in [0.2, 0.25) is 0 Å². The molecule has 0 aromatic heterocycles. The molecule has 0 spiro atoms. The first-order valence-corrected chi connectivity index (χ1v) is 9.50. The second-order valence-electron chi connectivity index (χ2n) is 6.96. The summed E-state index contributed by atoms with van der Waals surface area (Å²) in [6.45, 7) is 6.29. The van der Waals surface area contributed by atoms with E-state index < -0.39 is 0 Å². The molecule has 122 valence electrons. The van der Waals surface area contributed by atoms with Crippen LogP contribution in [-0.2, 0) is 9.47 Å². The zero-order valence-electron chi connectivity index (χ0n) is 13.2. The Bertz CT molecular complexity index is 317. The van der Waals surface area contributed by atoms with Gasteiger partial charge < -0.3 is 14.4 Å². The van der Waals surface area contributed by atoms with Gasteiger partial charge in [-0.3, -0.25) is 0 Å². The van der Waals surface area contributed by atoms with Crippen molar-refractivity contribution in [1.29, 1.82) is 0 Å². The predicted octanol–water partition coefficient (Wildman–Crippen LogP) is 2.71. The average molecular weight is 408 g/mol. The molecule has 2 saturated heterocycles. The van der Waals surface area contributed by atoms with Gasteiger partial charge in [-0.25, -0.2) is 3.11 Å². The van der Waals surface area contributed by atoms with E-state index in [9.17, 15) is 0 Å². The fourth-order valence-corrected chi connectivity index (χ4v) is 4.75. The van der Waals surface area contributed by atoms with E-state index in [1.807, 2.05) is 7.11 Å². The molecular formula is C16H29IN2O2. The quantitative estimate of drug-likeness (QED) is 0.516. The molecule has 0 aromatic carbocycles. The third-order valence-electron chi connectivity index (χ3n) is 5.29. The maximum Gasteiger partial charge on any atom is 0.0628 e. The van der Waals surface area contributed by atoms with Crippen molar-refractivity contribution < 1.29 is 9.47 Å². The van der Waals surface area contributed by atoms with Crippen LogP contribution in [0.1, 0.15) is 38.5 Å². The summed E-state index contributed by atoms with van der Waals surface area (Å²) in [6, 6.07) is 0. The number of piperidine rings is 2. The molecule has 2 aliphatic heterocycles. The molecule has 0 bridgehead atoms.